The highest BCUT2D eigenvalue weighted by Gasteiger charge is 2.24. The van der Waals surface area contributed by atoms with Crippen LogP contribution in [-0.2, 0) is 9.53 Å². The third-order valence-corrected chi connectivity index (χ3v) is 2.41. The van der Waals surface area contributed by atoms with Gasteiger partial charge < -0.3 is 9.47 Å². The number of carbonyl (C=O) groups is 1. The molecular formula is C11H13F2NO3. The molecule has 1 aromatic rings. The summed E-state index contributed by atoms with van der Waals surface area (Å²) in [5.74, 6) is -1.19. The van der Waals surface area contributed by atoms with Crippen molar-refractivity contribution in [2.24, 2.45) is 0 Å². The first kappa shape index (κ1) is 13.3. The predicted molar refractivity (Wildman–Crippen MR) is 56.2 cm³/mol. The molecule has 1 heterocycles. The lowest BCUT2D eigenvalue weighted by molar-refractivity contribution is -0.142. The summed E-state index contributed by atoms with van der Waals surface area (Å²) in [7, 11) is 2.58. The molecule has 0 aliphatic rings. The Morgan fingerprint density at radius 3 is 2.47 bits per heavy atom. The van der Waals surface area contributed by atoms with Crippen LogP contribution in [-0.4, -0.2) is 25.2 Å². The van der Waals surface area contributed by atoms with Gasteiger partial charge in [-0.15, -0.1) is 0 Å². The molecule has 4 nitrogen and oxygen atoms in total. The van der Waals surface area contributed by atoms with E-state index in [0.717, 1.165) is 6.20 Å². The average molecular weight is 245 g/mol. The molecule has 17 heavy (non-hydrogen) atoms. The van der Waals surface area contributed by atoms with Crippen molar-refractivity contribution < 1.29 is 23.0 Å². The normalized spacial score (nSPS) is 12.4. The van der Waals surface area contributed by atoms with Crippen molar-refractivity contribution in [1.82, 2.24) is 4.98 Å². The number of alkyl halides is 2. The molecule has 1 rings (SSSR count). The average Bonchev–Trinajstić information content (AvgIpc) is 2.35. The number of halogens is 2. The first-order valence-corrected chi connectivity index (χ1v) is 4.91. The van der Waals surface area contributed by atoms with Gasteiger partial charge in [0.15, 0.2) is 0 Å². The summed E-state index contributed by atoms with van der Waals surface area (Å²) in [6, 6.07) is 1.32. The van der Waals surface area contributed by atoms with E-state index in [1.54, 1.807) is 0 Å². The number of carbonyl (C=O) groups excluding carboxylic acids is 1. The fourth-order valence-corrected chi connectivity index (χ4v) is 1.43. The Morgan fingerprint density at radius 1 is 1.35 bits per heavy atom. The SMILES string of the molecule is COC(=O)C(C)c1cc(OC)ncc1C(F)F. The summed E-state index contributed by atoms with van der Waals surface area (Å²) in [4.78, 5) is 15.1. The molecule has 94 valence electrons. The first-order chi connectivity index (χ1) is 8.01. The third kappa shape index (κ3) is 2.89. The van der Waals surface area contributed by atoms with Crippen molar-refractivity contribution in [1.29, 1.82) is 0 Å². The monoisotopic (exact) mass is 245 g/mol. The molecule has 1 atom stereocenters. The van der Waals surface area contributed by atoms with Gasteiger partial charge in [0.25, 0.3) is 6.43 Å². The van der Waals surface area contributed by atoms with Gasteiger partial charge in [-0.1, -0.05) is 0 Å². The number of rotatable bonds is 4. The van der Waals surface area contributed by atoms with Crippen LogP contribution in [0, 0.1) is 0 Å². The molecule has 1 aromatic heterocycles. The second kappa shape index (κ2) is 5.56. The Hall–Kier alpha value is -1.72. The maximum absolute atomic E-state index is 12.8. The second-order valence-electron chi connectivity index (χ2n) is 3.40. The largest absolute Gasteiger partial charge is 0.481 e. The molecule has 0 fully saturated rings. The molecule has 6 heteroatoms. The zero-order chi connectivity index (χ0) is 13.0. The summed E-state index contributed by atoms with van der Waals surface area (Å²) in [5.41, 5.74) is -0.123. The van der Waals surface area contributed by atoms with Crippen LogP contribution in [0.3, 0.4) is 0 Å². The van der Waals surface area contributed by atoms with E-state index in [2.05, 4.69) is 9.72 Å². The topological polar surface area (TPSA) is 48.4 Å². The maximum Gasteiger partial charge on any atom is 0.312 e. The lowest BCUT2D eigenvalue weighted by Gasteiger charge is -2.14. The molecule has 0 N–H and O–H groups in total. The van der Waals surface area contributed by atoms with E-state index >= 15 is 0 Å². The van der Waals surface area contributed by atoms with Crippen molar-refractivity contribution in [2.45, 2.75) is 19.3 Å². The summed E-state index contributed by atoms with van der Waals surface area (Å²) < 4.78 is 34.9. The maximum atomic E-state index is 12.8. The Kier molecular flexibility index (Phi) is 4.37. The van der Waals surface area contributed by atoms with Gasteiger partial charge >= 0.3 is 5.97 Å². The van der Waals surface area contributed by atoms with E-state index in [-0.39, 0.29) is 17.0 Å². The van der Waals surface area contributed by atoms with E-state index in [9.17, 15) is 13.6 Å². The highest BCUT2D eigenvalue weighted by Crippen LogP contribution is 2.30. The Balaban J connectivity index is 3.21. The van der Waals surface area contributed by atoms with Crippen molar-refractivity contribution in [3.63, 3.8) is 0 Å². The minimum atomic E-state index is -2.70. The molecule has 0 spiro atoms. The van der Waals surface area contributed by atoms with Crippen LogP contribution in [0.15, 0.2) is 12.3 Å². The fourth-order valence-electron chi connectivity index (χ4n) is 1.43. The second-order valence-corrected chi connectivity index (χ2v) is 3.40. The number of hydrogen-bond donors (Lipinski definition) is 0. The zero-order valence-electron chi connectivity index (χ0n) is 9.74. The summed E-state index contributed by atoms with van der Waals surface area (Å²) >= 11 is 0. The Bertz CT molecular complexity index is 410. The van der Waals surface area contributed by atoms with E-state index in [1.165, 1.54) is 27.2 Å². The van der Waals surface area contributed by atoms with Gasteiger partial charge in [0.05, 0.1) is 20.1 Å². The van der Waals surface area contributed by atoms with E-state index in [4.69, 9.17) is 4.74 Å². The minimum Gasteiger partial charge on any atom is -0.481 e. The van der Waals surface area contributed by atoms with E-state index < -0.39 is 18.3 Å². The number of aromatic nitrogens is 1. The number of nitrogens with zero attached hydrogens (tertiary/aromatic N) is 1. The molecule has 0 amide bonds. The van der Waals surface area contributed by atoms with Gasteiger partial charge in [-0.2, -0.15) is 0 Å². The smallest absolute Gasteiger partial charge is 0.312 e. The van der Waals surface area contributed by atoms with E-state index in [0.29, 0.717) is 0 Å². The van der Waals surface area contributed by atoms with Crippen LogP contribution in [0.1, 0.15) is 30.4 Å². The third-order valence-electron chi connectivity index (χ3n) is 2.41. The van der Waals surface area contributed by atoms with Crippen molar-refractivity contribution in [3.8, 4) is 5.88 Å². The lowest BCUT2D eigenvalue weighted by Crippen LogP contribution is -2.13. The van der Waals surface area contributed by atoms with Gasteiger partial charge in [-0.25, -0.2) is 13.8 Å². The zero-order valence-corrected chi connectivity index (χ0v) is 9.74. The predicted octanol–water partition coefficient (Wildman–Crippen LogP) is 2.30. The molecule has 1 unspecified atom stereocenters. The fraction of sp³-hybridized carbons (Fsp3) is 0.455. The van der Waals surface area contributed by atoms with Crippen molar-refractivity contribution >= 4 is 5.97 Å². The Labute approximate surface area is 97.6 Å². The first-order valence-electron chi connectivity index (χ1n) is 4.91. The van der Waals surface area contributed by atoms with Crippen LogP contribution < -0.4 is 4.74 Å². The van der Waals surface area contributed by atoms with Crippen LogP contribution >= 0.6 is 0 Å². The van der Waals surface area contributed by atoms with Crippen LogP contribution in [0.4, 0.5) is 8.78 Å². The molecule has 0 saturated carbocycles. The standard InChI is InChI=1S/C11H13F2NO3/c1-6(11(15)17-3)7-4-9(16-2)14-5-8(7)10(12)13/h4-6,10H,1-3H3. The van der Waals surface area contributed by atoms with Gasteiger partial charge in [-0.3, -0.25) is 4.79 Å². The number of esters is 1. The molecule has 0 aliphatic carbocycles. The Morgan fingerprint density at radius 2 is 2.00 bits per heavy atom. The quantitative estimate of drug-likeness (QED) is 0.764. The van der Waals surface area contributed by atoms with Crippen LogP contribution in [0.2, 0.25) is 0 Å². The molecule has 0 aliphatic heterocycles. The summed E-state index contributed by atoms with van der Waals surface area (Å²) in [6.07, 6.45) is -1.69. The molecule has 0 saturated heterocycles. The molecule has 0 radical (unpaired) electrons. The summed E-state index contributed by atoms with van der Waals surface area (Å²) in [5, 5.41) is 0. The van der Waals surface area contributed by atoms with Gasteiger partial charge in [-0.05, 0) is 12.5 Å². The van der Waals surface area contributed by atoms with Crippen molar-refractivity contribution in [2.75, 3.05) is 14.2 Å². The van der Waals surface area contributed by atoms with Crippen LogP contribution in [0.5, 0.6) is 5.88 Å². The van der Waals surface area contributed by atoms with Crippen molar-refractivity contribution in [3.05, 3.63) is 23.4 Å². The highest BCUT2D eigenvalue weighted by atomic mass is 19.3. The number of ether oxygens (including phenoxy) is 2. The molecule has 0 bridgehead atoms. The van der Waals surface area contributed by atoms with Gasteiger partial charge in [0.1, 0.15) is 0 Å². The summed E-state index contributed by atoms with van der Waals surface area (Å²) in [6.45, 7) is 1.49. The lowest BCUT2D eigenvalue weighted by atomic mass is 9.97. The molecule has 0 aromatic carbocycles. The van der Waals surface area contributed by atoms with E-state index in [1.807, 2.05) is 0 Å². The highest BCUT2D eigenvalue weighted by molar-refractivity contribution is 5.78. The van der Waals surface area contributed by atoms with Crippen LogP contribution in [0.25, 0.3) is 0 Å². The van der Waals surface area contributed by atoms with Gasteiger partial charge in [0.2, 0.25) is 5.88 Å². The van der Waals surface area contributed by atoms with Gasteiger partial charge in [0, 0.05) is 17.8 Å². The molecular weight excluding hydrogens is 232 g/mol. The number of hydrogen-bond acceptors (Lipinski definition) is 4. The minimum absolute atomic E-state index is 0.165. The number of methoxy groups -OCH3 is 2. The number of pyridine rings is 1.